The number of amides is 1. The maximum Gasteiger partial charge on any atom is 0.290 e. The summed E-state index contributed by atoms with van der Waals surface area (Å²) < 4.78 is 5.42. The van der Waals surface area contributed by atoms with Gasteiger partial charge in [-0.15, -0.1) is 0 Å². The van der Waals surface area contributed by atoms with Crippen LogP contribution in [0.5, 0.6) is 0 Å². The number of hydrogen-bond donors (Lipinski definition) is 1. The van der Waals surface area contributed by atoms with Crippen molar-refractivity contribution in [3.63, 3.8) is 0 Å². The average molecular weight is 305 g/mol. The molecule has 1 aliphatic rings. The summed E-state index contributed by atoms with van der Waals surface area (Å²) in [6.07, 6.45) is 3.54. The van der Waals surface area contributed by atoms with E-state index in [0.717, 1.165) is 12.8 Å². The third kappa shape index (κ3) is 3.08. The largest absolute Gasteiger partial charge is 0.503 e. The van der Waals surface area contributed by atoms with Crippen molar-refractivity contribution in [3.8, 4) is 0 Å². The number of ketones is 1. The Morgan fingerprint density at radius 2 is 2.18 bits per heavy atom. The molecule has 1 aliphatic heterocycles. The van der Waals surface area contributed by atoms with Crippen molar-refractivity contribution >= 4 is 11.7 Å². The Balaban J connectivity index is 2.38. The molecule has 1 aromatic rings. The summed E-state index contributed by atoms with van der Waals surface area (Å²) >= 11 is 0. The minimum Gasteiger partial charge on any atom is -0.503 e. The molecule has 5 heteroatoms. The maximum absolute atomic E-state index is 12.5. The highest BCUT2D eigenvalue weighted by Gasteiger charge is 2.44. The van der Waals surface area contributed by atoms with Crippen LogP contribution in [0, 0.1) is 5.92 Å². The lowest BCUT2D eigenvalue weighted by molar-refractivity contribution is -0.129. The number of carbonyl (C=O) groups excluding carboxylic acids is 2. The average Bonchev–Trinajstić information content (AvgIpc) is 3.05. The van der Waals surface area contributed by atoms with Crippen LogP contribution in [0.3, 0.4) is 0 Å². The monoisotopic (exact) mass is 305 g/mol. The SMILES string of the molecule is CCCCN1C(=O)C(O)=C(C(=O)CC(C)C)C1c1ccco1. The first-order valence-electron chi connectivity index (χ1n) is 7.78. The highest BCUT2D eigenvalue weighted by Crippen LogP contribution is 2.38. The van der Waals surface area contributed by atoms with E-state index in [9.17, 15) is 14.7 Å². The van der Waals surface area contributed by atoms with Gasteiger partial charge >= 0.3 is 0 Å². The molecule has 5 nitrogen and oxygen atoms in total. The van der Waals surface area contributed by atoms with E-state index in [-0.39, 0.29) is 17.3 Å². The molecular weight excluding hydrogens is 282 g/mol. The minimum absolute atomic E-state index is 0.157. The van der Waals surface area contributed by atoms with Crippen molar-refractivity contribution < 1.29 is 19.1 Å². The quantitative estimate of drug-likeness (QED) is 0.838. The van der Waals surface area contributed by atoms with Gasteiger partial charge in [-0.05, 0) is 24.5 Å². The van der Waals surface area contributed by atoms with Gasteiger partial charge in [0, 0.05) is 13.0 Å². The zero-order valence-electron chi connectivity index (χ0n) is 13.3. The molecule has 2 heterocycles. The normalized spacial score (nSPS) is 18.6. The molecule has 0 spiro atoms. The van der Waals surface area contributed by atoms with E-state index in [0.29, 0.717) is 18.7 Å². The smallest absolute Gasteiger partial charge is 0.290 e. The zero-order chi connectivity index (χ0) is 16.3. The van der Waals surface area contributed by atoms with Crippen LogP contribution in [-0.2, 0) is 9.59 Å². The molecule has 22 heavy (non-hydrogen) atoms. The van der Waals surface area contributed by atoms with Crippen molar-refractivity contribution in [1.82, 2.24) is 4.90 Å². The van der Waals surface area contributed by atoms with E-state index in [2.05, 4.69) is 0 Å². The minimum atomic E-state index is -0.611. The van der Waals surface area contributed by atoms with Gasteiger partial charge in [0.15, 0.2) is 11.5 Å². The lowest BCUT2D eigenvalue weighted by Gasteiger charge is -2.24. The Hall–Kier alpha value is -2.04. The van der Waals surface area contributed by atoms with Crippen molar-refractivity contribution in [2.75, 3.05) is 6.54 Å². The number of aliphatic hydroxyl groups excluding tert-OH is 1. The number of hydrogen-bond acceptors (Lipinski definition) is 4. The molecule has 0 radical (unpaired) electrons. The van der Waals surface area contributed by atoms with E-state index in [1.807, 2.05) is 20.8 Å². The molecule has 0 saturated carbocycles. The second-order valence-electron chi connectivity index (χ2n) is 6.05. The Labute approximate surface area is 130 Å². The zero-order valence-corrected chi connectivity index (χ0v) is 13.3. The summed E-state index contributed by atoms with van der Waals surface area (Å²) in [7, 11) is 0. The molecule has 1 unspecified atom stereocenters. The summed E-state index contributed by atoms with van der Waals surface area (Å²) in [4.78, 5) is 26.4. The number of Topliss-reactive ketones (excluding diaryl/α,β-unsaturated/α-hetero) is 1. The van der Waals surface area contributed by atoms with Crippen LogP contribution < -0.4 is 0 Å². The second kappa shape index (κ2) is 6.81. The highest BCUT2D eigenvalue weighted by atomic mass is 16.3. The predicted octanol–water partition coefficient (Wildman–Crippen LogP) is 3.39. The Bertz CT molecular complexity index is 571. The van der Waals surface area contributed by atoms with Gasteiger partial charge in [-0.1, -0.05) is 27.2 Å². The van der Waals surface area contributed by atoms with Crippen LogP contribution in [0.2, 0.25) is 0 Å². The van der Waals surface area contributed by atoms with Crippen LogP contribution in [0.25, 0.3) is 0 Å². The fraction of sp³-hybridized carbons (Fsp3) is 0.529. The van der Waals surface area contributed by atoms with Gasteiger partial charge in [0.05, 0.1) is 11.8 Å². The first kappa shape index (κ1) is 16.3. The molecule has 0 aliphatic carbocycles. The van der Waals surface area contributed by atoms with Gasteiger partial charge < -0.3 is 14.4 Å². The lowest BCUT2D eigenvalue weighted by atomic mass is 9.95. The number of rotatable bonds is 7. The number of nitrogens with zero attached hydrogens (tertiary/aromatic N) is 1. The van der Waals surface area contributed by atoms with Crippen LogP contribution in [0.1, 0.15) is 51.8 Å². The van der Waals surface area contributed by atoms with Crippen molar-refractivity contribution in [2.24, 2.45) is 5.92 Å². The molecule has 1 atom stereocenters. The Morgan fingerprint density at radius 1 is 1.45 bits per heavy atom. The predicted molar refractivity (Wildman–Crippen MR) is 82.2 cm³/mol. The van der Waals surface area contributed by atoms with E-state index in [1.165, 1.54) is 11.2 Å². The van der Waals surface area contributed by atoms with E-state index >= 15 is 0 Å². The molecule has 0 fully saturated rings. The van der Waals surface area contributed by atoms with Crippen LogP contribution in [-0.4, -0.2) is 28.2 Å². The van der Waals surface area contributed by atoms with Crippen LogP contribution >= 0.6 is 0 Å². The topological polar surface area (TPSA) is 70.8 Å². The van der Waals surface area contributed by atoms with Gasteiger partial charge in [0.2, 0.25) is 0 Å². The number of carbonyl (C=O) groups is 2. The first-order valence-corrected chi connectivity index (χ1v) is 7.78. The standard InChI is InChI=1S/C17H23NO4/c1-4-5-8-18-15(13-7-6-9-22-13)14(16(20)17(18)21)12(19)10-11(2)3/h6-7,9,11,15,20H,4-5,8,10H2,1-3H3. The fourth-order valence-corrected chi connectivity index (χ4v) is 2.72. The summed E-state index contributed by atoms with van der Waals surface area (Å²) in [6, 6.07) is 2.84. The molecule has 120 valence electrons. The van der Waals surface area contributed by atoms with Crippen molar-refractivity contribution in [3.05, 3.63) is 35.5 Å². The molecule has 0 aromatic carbocycles. The lowest BCUT2D eigenvalue weighted by Crippen LogP contribution is -2.32. The number of aliphatic hydroxyl groups is 1. The molecule has 1 aromatic heterocycles. The second-order valence-corrected chi connectivity index (χ2v) is 6.05. The molecule has 1 amide bonds. The van der Waals surface area contributed by atoms with Crippen molar-refractivity contribution in [2.45, 2.75) is 46.1 Å². The summed E-state index contributed by atoms with van der Waals surface area (Å²) in [6.45, 7) is 6.38. The van der Waals surface area contributed by atoms with Crippen molar-refractivity contribution in [1.29, 1.82) is 0 Å². The molecule has 0 bridgehead atoms. The Morgan fingerprint density at radius 3 is 2.73 bits per heavy atom. The van der Waals surface area contributed by atoms with Gasteiger partial charge in [0.25, 0.3) is 5.91 Å². The maximum atomic E-state index is 12.5. The van der Waals surface area contributed by atoms with Gasteiger partial charge in [0.1, 0.15) is 11.8 Å². The molecule has 1 N–H and O–H groups in total. The van der Waals surface area contributed by atoms with Gasteiger partial charge in [-0.2, -0.15) is 0 Å². The highest BCUT2D eigenvalue weighted by molar-refractivity contribution is 6.08. The van der Waals surface area contributed by atoms with E-state index < -0.39 is 17.7 Å². The van der Waals surface area contributed by atoms with Gasteiger partial charge in [-0.25, -0.2) is 0 Å². The third-order valence-electron chi connectivity index (χ3n) is 3.76. The van der Waals surface area contributed by atoms with Gasteiger partial charge in [-0.3, -0.25) is 9.59 Å². The third-order valence-corrected chi connectivity index (χ3v) is 3.76. The van der Waals surface area contributed by atoms with Crippen LogP contribution in [0.4, 0.5) is 0 Å². The number of furan rings is 1. The van der Waals surface area contributed by atoms with E-state index in [4.69, 9.17) is 4.42 Å². The molecule has 0 saturated heterocycles. The molecular formula is C17H23NO4. The fourth-order valence-electron chi connectivity index (χ4n) is 2.72. The first-order chi connectivity index (χ1) is 10.5. The summed E-state index contributed by atoms with van der Waals surface area (Å²) in [5, 5.41) is 10.2. The number of unbranched alkanes of at least 4 members (excludes halogenated alkanes) is 1. The van der Waals surface area contributed by atoms with Crippen LogP contribution in [0.15, 0.2) is 34.1 Å². The Kier molecular flexibility index (Phi) is 5.06. The van der Waals surface area contributed by atoms with E-state index in [1.54, 1.807) is 12.1 Å². The summed E-state index contributed by atoms with van der Waals surface area (Å²) in [5.74, 6) is -0.434. The molecule has 2 rings (SSSR count). The summed E-state index contributed by atoms with van der Waals surface area (Å²) in [5.41, 5.74) is 0.171.